The van der Waals surface area contributed by atoms with Crippen molar-refractivity contribution < 1.29 is 23.4 Å². The lowest BCUT2D eigenvalue weighted by Crippen LogP contribution is -2.49. The van der Waals surface area contributed by atoms with Gasteiger partial charge in [-0.2, -0.15) is 0 Å². The number of ether oxygens (including phenoxy) is 2. The van der Waals surface area contributed by atoms with Crippen LogP contribution in [0, 0.1) is 18.7 Å². The van der Waals surface area contributed by atoms with E-state index in [1.54, 1.807) is 25.1 Å². The largest absolute Gasteiger partial charge is 0.508 e. The predicted molar refractivity (Wildman–Crippen MR) is 133 cm³/mol. The van der Waals surface area contributed by atoms with Gasteiger partial charge in [-0.3, -0.25) is 9.29 Å². The lowest BCUT2D eigenvalue weighted by molar-refractivity contribution is 0.0668. The molecule has 0 aliphatic carbocycles. The molecule has 1 fully saturated rings. The van der Waals surface area contributed by atoms with Gasteiger partial charge in [0.25, 0.3) is 0 Å². The molecule has 1 atom stereocenters. The van der Waals surface area contributed by atoms with E-state index < -0.39 is 6.10 Å². The van der Waals surface area contributed by atoms with Gasteiger partial charge in [-0.05, 0) is 66.4 Å². The summed E-state index contributed by atoms with van der Waals surface area (Å²) in [5, 5.41) is 10.0. The molecule has 0 aromatic heterocycles. The van der Waals surface area contributed by atoms with Gasteiger partial charge < -0.3 is 14.6 Å². The monoisotopic (exact) mass is 477 g/mol. The van der Waals surface area contributed by atoms with Crippen molar-refractivity contribution >= 4 is 11.1 Å². The van der Waals surface area contributed by atoms with E-state index in [0.717, 1.165) is 53.2 Å². The second kappa shape index (κ2) is 9.70. The molecule has 0 amide bonds. The quantitative estimate of drug-likeness (QED) is 0.441. The molecule has 1 N–H and O–H groups in total. The van der Waals surface area contributed by atoms with Gasteiger partial charge in [0, 0.05) is 42.8 Å². The zero-order valence-electron chi connectivity index (χ0n) is 19.9. The van der Waals surface area contributed by atoms with E-state index >= 15 is 0 Å². The SMILES string of the molecule is CC1=C(c2cccc(F)c2C)C(c2ccc(OCCN3CC(CF)C3)cc2)Oc2cc(O)ccc21. The van der Waals surface area contributed by atoms with Crippen molar-refractivity contribution in [3.05, 3.63) is 88.7 Å². The van der Waals surface area contributed by atoms with E-state index in [1.165, 1.54) is 6.07 Å². The summed E-state index contributed by atoms with van der Waals surface area (Å²) in [7, 11) is 0. The number of likely N-dealkylation sites (tertiary alicyclic amines) is 1. The third-order valence-corrected chi connectivity index (χ3v) is 6.95. The van der Waals surface area contributed by atoms with E-state index in [1.807, 2.05) is 43.3 Å². The average molecular weight is 478 g/mol. The summed E-state index contributed by atoms with van der Waals surface area (Å²) in [6, 6.07) is 17.9. The van der Waals surface area contributed by atoms with Crippen LogP contribution in [0.15, 0.2) is 60.7 Å². The summed E-state index contributed by atoms with van der Waals surface area (Å²) >= 11 is 0. The van der Waals surface area contributed by atoms with Crippen molar-refractivity contribution in [1.29, 1.82) is 0 Å². The Bertz CT molecular complexity index is 1250. The van der Waals surface area contributed by atoms with Crippen molar-refractivity contribution in [1.82, 2.24) is 4.90 Å². The topological polar surface area (TPSA) is 41.9 Å². The standard InChI is InChI=1S/C29H29F2NO3/c1-18-25(4-3-5-26(18)31)28-19(2)24-11-8-22(33)14-27(24)35-29(28)21-6-9-23(10-7-21)34-13-12-32-16-20(15-30)17-32/h3-11,14,20,29,33H,12-13,15-17H2,1-2H3. The number of aromatic hydroxyl groups is 1. The normalized spacial score (nSPS) is 18.1. The van der Waals surface area contributed by atoms with Gasteiger partial charge in [0.15, 0.2) is 0 Å². The van der Waals surface area contributed by atoms with E-state index in [2.05, 4.69) is 4.90 Å². The number of phenols is 1. The Kier molecular flexibility index (Phi) is 6.48. The van der Waals surface area contributed by atoms with Gasteiger partial charge >= 0.3 is 0 Å². The van der Waals surface area contributed by atoms with Crippen LogP contribution in [0.5, 0.6) is 17.2 Å². The molecule has 1 unspecified atom stereocenters. The van der Waals surface area contributed by atoms with E-state index in [4.69, 9.17) is 9.47 Å². The van der Waals surface area contributed by atoms with E-state index in [9.17, 15) is 13.9 Å². The van der Waals surface area contributed by atoms with Crippen LogP contribution >= 0.6 is 0 Å². The summed E-state index contributed by atoms with van der Waals surface area (Å²) < 4.78 is 39.4. The minimum Gasteiger partial charge on any atom is -0.508 e. The zero-order chi connectivity index (χ0) is 24.5. The second-order valence-electron chi connectivity index (χ2n) is 9.33. The van der Waals surface area contributed by atoms with Crippen LogP contribution in [-0.2, 0) is 0 Å². The fourth-order valence-electron chi connectivity index (χ4n) is 4.91. The number of alkyl halides is 1. The number of allylic oxidation sites excluding steroid dienone is 1. The Morgan fingerprint density at radius 1 is 1.03 bits per heavy atom. The van der Waals surface area contributed by atoms with Crippen molar-refractivity contribution in [2.75, 3.05) is 32.9 Å². The number of nitrogens with zero attached hydrogens (tertiary/aromatic N) is 1. The molecule has 2 heterocycles. The number of rotatable bonds is 7. The molecule has 3 aromatic carbocycles. The van der Waals surface area contributed by atoms with Crippen LogP contribution in [0.25, 0.3) is 11.1 Å². The minimum absolute atomic E-state index is 0.129. The molecule has 5 rings (SSSR count). The van der Waals surface area contributed by atoms with Crippen molar-refractivity contribution in [3.63, 3.8) is 0 Å². The van der Waals surface area contributed by atoms with Crippen molar-refractivity contribution in [3.8, 4) is 17.2 Å². The summed E-state index contributed by atoms with van der Waals surface area (Å²) in [4.78, 5) is 2.18. The molecule has 35 heavy (non-hydrogen) atoms. The lowest BCUT2D eigenvalue weighted by Gasteiger charge is -2.37. The minimum atomic E-state index is -0.474. The third kappa shape index (κ3) is 4.63. The van der Waals surface area contributed by atoms with E-state index in [-0.39, 0.29) is 24.2 Å². The molecule has 0 spiro atoms. The molecule has 2 aliphatic rings. The van der Waals surface area contributed by atoms with Gasteiger partial charge in [0.05, 0.1) is 6.67 Å². The van der Waals surface area contributed by atoms with E-state index in [0.29, 0.717) is 17.9 Å². The maximum absolute atomic E-state index is 14.5. The molecule has 2 aliphatic heterocycles. The highest BCUT2D eigenvalue weighted by molar-refractivity contribution is 5.96. The molecule has 0 saturated carbocycles. The number of phenolic OH excluding ortho intramolecular Hbond substituents is 1. The number of halogens is 2. The van der Waals surface area contributed by atoms with Crippen LogP contribution in [0.1, 0.15) is 35.3 Å². The summed E-state index contributed by atoms with van der Waals surface area (Å²) in [5.74, 6) is 1.37. The fraction of sp³-hybridized carbons (Fsp3) is 0.310. The molecule has 6 heteroatoms. The summed E-state index contributed by atoms with van der Waals surface area (Å²) in [6.07, 6.45) is -0.474. The zero-order valence-corrected chi connectivity index (χ0v) is 19.9. The highest BCUT2D eigenvalue weighted by atomic mass is 19.1. The Balaban J connectivity index is 1.41. The second-order valence-corrected chi connectivity index (χ2v) is 9.33. The Labute approximate surface area is 204 Å². The van der Waals surface area contributed by atoms with Crippen LogP contribution in [0.3, 0.4) is 0 Å². The molecule has 0 bridgehead atoms. The Morgan fingerprint density at radius 2 is 1.80 bits per heavy atom. The van der Waals surface area contributed by atoms with Gasteiger partial charge in [0.1, 0.15) is 35.8 Å². The molecule has 4 nitrogen and oxygen atoms in total. The molecule has 0 radical (unpaired) electrons. The fourth-order valence-corrected chi connectivity index (χ4v) is 4.91. The van der Waals surface area contributed by atoms with Crippen molar-refractivity contribution in [2.24, 2.45) is 5.92 Å². The van der Waals surface area contributed by atoms with Gasteiger partial charge in [-0.1, -0.05) is 24.3 Å². The maximum Gasteiger partial charge on any atom is 0.150 e. The first-order valence-electron chi connectivity index (χ1n) is 11.9. The summed E-state index contributed by atoms with van der Waals surface area (Å²) in [5.41, 5.74) is 5.02. The van der Waals surface area contributed by atoms with Crippen LogP contribution < -0.4 is 9.47 Å². The smallest absolute Gasteiger partial charge is 0.150 e. The van der Waals surface area contributed by atoms with Gasteiger partial charge in [-0.15, -0.1) is 0 Å². The first-order chi connectivity index (χ1) is 16.9. The Morgan fingerprint density at radius 3 is 2.54 bits per heavy atom. The third-order valence-electron chi connectivity index (χ3n) is 6.95. The highest BCUT2D eigenvalue weighted by Gasteiger charge is 2.31. The van der Waals surface area contributed by atoms with Gasteiger partial charge in [-0.25, -0.2) is 4.39 Å². The lowest BCUT2D eigenvalue weighted by atomic mass is 9.84. The van der Waals surface area contributed by atoms with Crippen LogP contribution in [0.2, 0.25) is 0 Å². The van der Waals surface area contributed by atoms with Crippen molar-refractivity contribution in [2.45, 2.75) is 20.0 Å². The maximum atomic E-state index is 14.5. The molecular formula is C29H29F2NO3. The van der Waals surface area contributed by atoms with Crippen LogP contribution in [0.4, 0.5) is 8.78 Å². The predicted octanol–water partition coefficient (Wildman–Crippen LogP) is 6.18. The number of hydrogen-bond acceptors (Lipinski definition) is 4. The number of hydrogen-bond donors (Lipinski definition) is 1. The van der Waals surface area contributed by atoms with Crippen LogP contribution in [-0.4, -0.2) is 42.9 Å². The molecular weight excluding hydrogens is 448 g/mol. The molecule has 182 valence electrons. The molecule has 1 saturated heterocycles. The first kappa shape index (κ1) is 23.4. The summed E-state index contributed by atoms with van der Waals surface area (Å²) in [6.45, 7) is 6.43. The first-order valence-corrected chi connectivity index (χ1v) is 11.9. The highest BCUT2D eigenvalue weighted by Crippen LogP contribution is 2.48. The Hall–Kier alpha value is -3.38. The van der Waals surface area contributed by atoms with Gasteiger partial charge in [0.2, 0.25) is 0 Å². The number of fused-ring (bicyclic) bond motifs is 1. The molecule has 3 aromatic rings. The average Bonchev–Trinajstić information content (AvgIpc) is 2.83. The number of benzene rings is 3.